The SMILES string of the molecule is O=C(Cn1ccnc1)N1CCCC(c2nc(-c3cccs3)cc(C(F)(F)F)n2)C1. The molecule has 10 heteroatoms. The molecule has 1 saturated heterocycles. The van der Waals surface area contributed by atoms with Crippen LogP contribution in [0.3, 0.4) is 0 Å². The van der Waals surface area contributed by atoms with Gasteiger partial charge in [-0.25, -0.2) is 15.0 Å². The van der Waals surface area contributed by atoms with Gasteiger partial charge in [-0.3, -0.25) is 4.79 Å². The van der Waals surface area contributed by atoms with Crippen molar-refractivity contribution in [1.82, 2.24) is 24.4 Å². The van der Waals surface area contributed by atoms with E-state index in [1.807, 2.05) is 0 Å². The first-order chi connectivity index (χ1) is 13.9. The lowest BCUT2D eigenvalue weighted by Gasteiger charge is -2.32. The van der Waals surface area contributed by atoms with Gasteiger partial charge in [-0.1, -0.05) is 6.07 Å². The van der Waals surface area contributed by atoms with Gasteiger partial charge >= 0.3 is 6.18 Å². The molecule has 1 amide bonds. The molecule has 4 rings (SSSR count). The fourth-order valence-corrected chi connectivity index (χ4v) is 4.08. The first kappa shape index (κ1) is 19.6. The number of alkyl halides is 3. The molecule has 0 radical (unpaired) electrons. The second-order valence-corrected chi connectivity index (χ2v) is 7.83. The lowest BCUT2D eigenvalue weighted by Crippen LogP contribution is -2.41. The fourth-order valence-electron chi connectivity index (χ4n) is 3.40. The van der Waals surface area contributed by atoms with Gasteiger partial charge in [0.05, 0.1) is 16.9 Å². The van der Waals surface area contributed by atoms with E-state index in [0.29, 0.717) is 30.8 Å². The average molecular weight is 421 g/mol. The van der Waals surface area contributed by atoms with Crippen molar-refractivity contribution >= 4 is 17.2 Å². The molecule has 3 aromatic heterocycles. The Balaban J connectivity index is 1.59. The summed E-state index contributed by atoms with van der Waals surface area (Å²) in [6.07, 6.45) is 1.61. The minimum absolute atomic E-state index is 0.0989. The van der Waals surface area contributed by atoms with Crippen molar-refractivity contribution in [2.24, 2.45) is 0 Å². The number of halogens is 3. The van der Waals surface area contributed by atoms with E-state index in [-0.39, 0.29) is 29.9 Å². The van der Waals surface area contributed by atoms with E-state index in [0.717, 1.165) is 6.07 Å². The molecule has 0 bridgehead atoms. The van der Waals surface area contributed by atoms with Crippen molar-refractivity contribution in [3.63, 3.8) is 0 Å². The van der Waals surface area contributed by atoms with E-state index in [9.17, 15) is 18.0 Å². The van der Waals surface area contributed by atoms with Gasteiger partial charge in [0.25, 0.3) is 0 Å². The van der Waals surface area contributed by atoms with E-state index in [4.69, 9.17) is 0 Å². The van der Waals surface area contributed by atoms with Crippen LogP contribution < -0.4 is 0 Å². The Morgan fingerprint density at radius 3 is 2.86 bits per heavy atom. The molecule has 6 nitrogen and oxygen atoms in total. The third-order valence-corrected chi connectivity index (χ3v) is 5.72. The quantitative estimate of drug-likeness (QED) is 0.642. The monoisotopic (exact) mass is 421 g/mol. The Bertz CT molecular complexity index is 972. The predicted octanol–water partition coefficient (Wildman–Crippen LogP) is 3.83. The number of amides is 1. The number of nitrogens with zero attached hydrogens (tertiary/aromatic N) is 5. The second-order valence-electron chi connectivity index (χ2n) is 6.89. The van der Waals surface area contributed by atoms with Crippen LogP contribution >= 0.6 is 11.3 Å². The maximum atomic E-state index is 13.4. The lowest BCUT2D eigenvalue weighted by molar-refractivity contribution is -0.141. The third kappa shape index (κ3) is 4.47. The molecule has 0 saturated carbocycles. The summed E-state index contributed by atoms with van der Waals surface area (Å²) in [5.74, 6) is -0.294. The van der Waals surface area contributed by atoms with Crippen LogP contribution in [0.4, 0.5) is 13.2 Å². The Morgan fingerprint density at radius 1 is 1.31 bits per heavy atom. The molecule has 0 N–H and O–H groups in total. The highest BCUT2D eigenvalue weighted by Crippen LogP contribution is 2.34. The van der Waals surface area contributed by atoms with Gasteiger partial charge in [0.2, 0.25) is 5.91 Å². The standard InChI is InChI=1S/C19H18F3N5OS/c20-19(21,22)16-9-14(15-4-2-8-29-15)24-18(25-16)13-3-1-6-27(10-13)17(28)11-26-7-5-23-12-26/h2,4-5,7-9,12-13H,1,3,6,10-11H2. The van der Waals surface area contributed by atoms with E-state index in [1.165, 1.54) is 11.3 Å². The summed E-state index contributed by atoms with van der Waals surface area (Å²) in [6, 6.07) is 4.49. The summed E-state index contributed by atoms with van der Waals surface area (Å²) in [5, 5.41) is 1.79. The van der Waals surface area contributed by atoms with Gasteiger partial charge in [0.15, 0.2) is 0 Å². The number of imidazole rings is 1. The molecule has 0 aromatic carbocycles. The number of hydrogen-bond donors (Lipinski definition) is 0. The van der Waals surface area contributed by atoms with Crippen molar-refractivity contribution in [3.8, 4) is 10.6 Å². The normalized spacial score (nSPS) is 17.5. The van der Waals surface area contributed by atoms with Crippen LogP contribution in [0.25, 0.3) is 10.6 Å². The van der Waals surface area contributed by atoms with Crippen molar-refractivity contribution in [2.45, 2.75) is 31.5 Å². The highest BCUT2D eigenvalue weighted by Gasteiger charge is 2.35. The van der Waals surface area contributed by atoms with Crippen LogP contribution in [0.2, 0.25) is 0 Å². The van der Waals surface area contributed by atoms with Gasteiger partial charge in [-0.15, -0.1) is 11.3 Å². The molecular weight excluding hydrogens is 403 g/mol. The number of likely N-dealkylation sites (tertiary alicyclic amines) is 1. The van der Waals surface area contributed by atoms with Crippen molar-refractivity contribution in [3.05, 3.63) is 53.8 Å². The largest absolute Gasteiger partial charge is 0.433 e. The highest BCUT2D eigenvalue weighted by molar-refractivity contribution is 7.13. The number of thiophene rings is 1. The van der Waals surface area contributed by atoms with E-state index < -0.39 is 11.9 Å². The van der Waals surface area contributed by atoms with Crippen LogP contribution in [0.1, 0.15) is 30.3 Å². The zero-order valence-corrected chi connectivity index (χ0v) is 16.2. The minimum Gasteiger partial charge on any atom is -0.340 e. The Kier molecular flexibility index (Phi) is 5.35. The van der Waals surface area contributed by atoms with Crippen molar-refractivity contribution in [2.75, 3.05) is 13.1 Å². The smallest absolute Gasteiger partial charge is 0.340 e. The number of hydrogen-bond acceptors (Lipinski definition) is 5. The van der Waals surface area contributed by atoms with Crippen molar-refractivity contribution < 1.29 is 18.0 Å². The van der Waals surface area contributed by atoms with Crippen LogP contribution in [0.15, 0.2) is 42.3 Å². The Labute approximate surface area is 169 Å². The Morgan fingerprint density at radius 2 is 2.17 bits per heavy atom. The third-order valence-electron chi connectivity index (χ3n) is 4.82. The molecule has 0 spiro atoms. The molecule has 1 unspecified atom stereocenters. The van der Waals surface area contributed by atoms with Crippen molar-refractivity contribution in [1.29, 1.82) is 0 Å². The topological polar surface area (TPSA) is 63.9 Å². The first-order valence-corrected chi connectivity index (χ1v) is 10.0. The molecule has 1 fully saturated rings. The van der Waals surface area contributed by atoms with E-state index in [1.54, 1.807) is 45.7 Å². The van der Waals surface area contributed by atoms with Crippen LogP contribution in [0, 0.1) is 0 Å². The maximum absolute atomic E-state index is 13.4. The number of carbonyl (C=O) groups is 1. The average Bonchev–Trinajstić information content (AvgIpc) is 3.41. The maximum Gasteiger partial charge on any atom is 0.433 e. The summed E-state index contributed by atoms with van der Waals surface area (Å²) in [6.45, 7) is 1.02. The first-order valence-electron chi connectivity index (χ1n) is 9.14. The second kappa shape index (κ2) is 7.94. The number of carbonyl (C=O) groups excluding carboxylic acids is 1. The molecule has 4 heterocycles. The molecule has 152 valence electrons. The summed E-state index contributed by atoms with van der Waals surface area (Å²) in [7, 11) is 0. The van der Waals surface area contributed by atoms with Crippen LogP contribution in [0.5, 0.6) is 0 Å². The summed E-state index contributed by atoms with van der Waals surface area (Å²) < 4.78 is 41.9. The van der Waals surface area contributed by atoms with Gasteiger partial charge in [0, 0.05) is 31.4 Å². The summed E-state index contributed by atoms with van der Waals surface area (Å²) >= 11 is 1.33. The minimum atomic E-state index is -4.56. The fraction of sp³-hybridized carbons (Fsp3) is 0.368. The molecule has 1 atom stereocenters. The molecule has 1 aliphatic heterocycles. The number of piperidine rings is 1. The molecule has 3 aromatic rings. The molecule has 1 aliphatic rings. The van der Waals surface area contributed by atoms with Gasteiger partial charge < -0.3 is 9.47 Å². The van der Waals surface area contributed by atoms with E-state index in [2.05, 4.69) is 15.0 Å². The molecule has 29 heavy (non-hydrogen) atoms. The predicted molar refractivity (Wildman–Crippen MR) is 101 cm³/mol. The van der Waals surface area contributed by atoms with Gasteiger partial charge in [-0.05, 0) is 30.4 Å². The van der Waals surface area contributed by atoms with Gasteiger partial charge in [0.1, 0.15) is 18.1 Å². The molecular formula is C19H18F3N5OS. The Hall–Kier alpha value is -2.75. The van der Waals surface area contributed by atoms with Crippen LogP contribution in [-0.2, 0) is 17.5 Å². The summed E-state index contributed by atoms with van der Waals surface area (Å²) in [4.78, 5) is 27.1. The van der Waals surface area contributed by atoms with Gasteiger partial charge in [-0.2, -0.15) is 13.2 Å². The van der Waals surface area contributed by atoms with Crippen LogP contribution in [-0.4, -0.2) is 43.4 Å². The highest BCUT2D eigenvalue weighted by atomic mass is 32.1. The molecule has 0 aliphatic carbocycles. The zero-order chi connectivity index (χ0) is 20.4. The zero-order valence-electron chi connectivity index (χ0n) is 15.3. The van der Waals surface area contributed by atoms with E-state index >= 15 is 0 Å². The number of rotatable bonds is 4. The summed E-state index contributed by atoms with van der Waals surface area (Å²) in [5.41, 5.74) is -0.688. The lowest BCUT2D eigenvalue weighted by atomic mass is 9.96. The number of aromatic nitrogens is 4.